The van der Waals surface area contributed by atoms with Crippen molar-refractivity contribution in [1.29, 1.82) is 0 Å². The fourth-order valence-corrected chi connectivity index (χ4v) is 1.56. The quantitative estimate of drug-likeness (QED) is 0.408. The molecule has 0 aromatic carbocycles. The molecular weight excluding hydrogens is 362 g/mol. The van der Waals surface area contributed by atoms with Gasteiger partial charge in [-0.3, -0.25) is 15.4 Å². The first kappa shape index (κ1) is 24.1. The van der Waals surface area contributed by atoms with Crippen molar-refractivity contribution in [2.45, 2.75) is 71.6 Å². The van der Waals surface area contributed by atoms with Crippen molar-refractivity contribution >= 4 is 30.1 Å². The van der Waals surface area contributed by atoms with E-state index in [1.165, 1.54) is 0 Å². The van der Waals surface area contributed by atoms with Crippen LogP contribution in [0.4, 0.5) is 9.59 Å². The lowest BCUT2D eigenvalue weighted by atomic mass is 10.2. The number of carbonyl (C=O) groups is 4. The highest BCUT2D eigenvalue weighted by Gasteiger charge is 2.24. The summed E-state index contributed by atoms with van der Waals surface area (Å²) in [6.45, 7) is 9.65. The molecule has 11 nitrogen and oxygen atoms in total. The maximum atomic E-state index is 11.9. The molecule has 0 saturated carbocycles. The minimum absolute atomic E-state index is 0.347. The SMILES string of the molecule is CC(C)(C)OC(=O)NC(=NC(CCC(=O)O)C(=O)O)NC(=O)OC(C)(C)C. The molecule has 1 atom stereocenters. The maximum absolute atomic E-state index is 11.9. The number of aliphatic imine (C=N–C) groups is 1. The molecule has 27 heavy (non-hydrogen) atoms. The molecule has 0 aromatic rings. The van der Waals surface area contributed by atoms with Gasteiger partial charge in [-0.15, -0.1) is 0 Å². The number of hydrogen-bond donors (Lipinski definition) is 4. The van der Waals surface area contributed by atoms with Gasteiger partial charge in [-0.25, -0.2) is 19.4 Å². The Labute approximate surface area is 157 Å². The van der Waals surface area contributed by atoms with Crippen LogP contribution in [0.25, 0.3) is 0 Å². The predicted molar refractivity (Wildman–Crippen MR) is 94.5 cm³/mol. The second-order valence-electron chi connectivity index (χ2n) is 7.52. The summed E-state index contributed by atoms with van der Waals surface area (Å²) in [4.78, 5) is 49.5. The van der Waals surface area contributed by atoms with Crippen molar-refractivity contribution in [3.05, 3.63) is 0 Å². The van der Waals surface area contributed by atoms with Crippen LogP contribution < -0.4 is 10.6 Å². The normalized spacial score (nSPS) is 12.4. The van der Waals surface area contributed by atoms with E-state index in [9.17, 15) is 24.3 Å². The summed E-state index contributed by atoms with van der Waals surface area (Å²) in [5.74, 6) is -3.17. The average Bonchev–Trinajstić information content (AvgIpc) is 2.37. The highest BCUT2D eigenvalue weighted by Crippen LogP contribution is 2.08. The van der Waals surface area contributed by atoms with Gasteiger partial charge in [-0.2, -0.15) is 0 Å². The Kier molecular flexibility index (Phi) is 8.71. The van der Waals surface area contributed by atoms with E-state index >= 15 is 0 Å². The van der Waals surface area contributed by atoms with Crippen LogP contribution >= 0.6 is 0 Å². The lowest BCUT2D eigenvalue weighted by molar-refractivity contribution is -0.139. The largest absolute Gasteiger partial charge is 0.481 e. The minimum atomic E-state index is -1.51. The van der Waals surface area contributed by atoms with Crippen LogP contribution in [0.3, 0.4) is 0 Å². The van der Waals surface area contributed by atoms with Gasteiger partial charge in [-0.05, 0) is 48.0 Å². The van der Waals surface area contributed by atoms with Crippen LogP contribution in [0, 0.1) is 0 Å². The van der Waals surface area contributed by atoms with Gasteiger partial charge in [0.05, 0.1) is 0 Å². The number of ether oxygens (including phenoxy) is 2. The van der Waals surface area contributed by atoms with Crippen LogP contribution in [-0.4, -0.2) is 57.5 Å². The van der Waals surface area contributed by atoms with E-state index in [-0.39, 0.29) is 6.42 Å². The summed E-state index contributed by atoms with van der Waals surface area (Å²) in [5.41, 5.74) is -1.70. The van der Waals surface area contributed by atoms with Crippen LogP contribution in [0.5, 0.6) is 0 Å². The van der Waals surface area contributed by atoms with E-state index in [1.807, 2.05) is 0 Å². The lowest BCUT2D eigenvalue weighted by Crippen LogP contribution is -2.48. The Morgan fingerprint density at radius 1 is 0.889 bits per heavy atom. The second-order valence-corrected chi connectivity index (χ2v) is 7.52. The summed E-state index contributed by atoms with van der Waals surface area (Å²) in [6, 6.07) is -1.51. The number of rotatable bonds is 5. The molecule has 0 aromatic heterocycles. The number of carboxylic acids is 2. The Bertz CT molecular complexity index is 570. The van der Waals surface area contributed by atoms with Gasteiger partial charge >= 0.3 is 24.1 Å². The molecule has 0 fully saturated rings. The van der Waals surface area contributed by atoms with Gasteiger partial charge in [0, 0.05) is 6.42 Å². The van der Waals surface area contributed by atoms with Crippen molar-refractivity contribution < 1.29 is 38.9 Å². The van der Waals surface area contributed by atoms with Crippen molar-refractivity contribution in [2.75, 3.05) is 0 Å². The summed E-state index contributed by atoms with van der Waals surface area (Å²) in [6.07, 6.45) is -2.79. The number of alkyl carbamates (subject to hydrolysis) is 2. The van der Waals surface area contributed by atoms with E-state index < -0.39 is 53.7 Å². The highest BCUT2D eigenvalue weighted by molar-refractivity contribution is 6.02. The number of amides is 2. The topological polar surface area (TPSA) is 164 Å². The molecule has 0 radical (unpaired) electrons. The van der Waals surface area contributed by atoms with Crippen LogP contribution in [0.2, 0.25) is 0 Å². The smallest absolute Gasteiger partial charge is 0.414 e. The number of guanidine groups is 1. The molecule has 0 aliphatic carbocycles. The van der Waals surface area contributed by atoms with E-state index in [0.29, 0.717) is 0 Å². The van der Waals surface area contributed by atoms with Gasteiger partial charge in [-0.1, -0.05) is 0 Å². The molecule has 2 amide bonds. The molecule has 0 heterocycles. The highest BCUT2D eigenvalue weighted by atomic mass is 16.6. The number of nitrogens with one attached hydrogen (secondary N) is 2. The predicted octanol–water partition coefficient (Wildman–Crippen LogP) is 1.71. The number of hydrogen-bond acceptors (Lipinski definition) is 7. The molecular formula is C16H27N3O8. The van der Waals surface area contributed by atoms with Crippen molar-refractivity contribution in [1.82, 2.24) is 10.6 Å². The average molecular weight is 389 g/mol. The van der Waals surface area contributed by atoms with Crippen LogP contribution in [-0.2, 0) is 19.1 Å². The number of aliphatic carboxylic acids is 2. The van der Waals surface area contributed by atoms with Crippen LogP contribution in [0.15, 0.2) is 4.99 Å². The van der Waals surface area contributed by atoms with E-state index in [2.05, 4.69) is 15.6 Å². The van der Waals surface area contributed by atoms with Crippen molar-refractivity contribution in [3.8, 4) is 0 Å². The summed E-state index contributed by atoms with van der Waals surface area (Å²) >= 11 is 0. The van der Waals surface area contributed by atoms with Gasteiger partial charge in [0.25, 0.3) is 0 Å². The fraction of sp³-hybridized carbons (Fsp3) is 0.688. The Morgan fingerprint density at radius 3 is 1.59 bits per heavy atom. The van der Waals surface area contributed by atoms with Crippen molar-refractivity contribution in [2.24, 2.45) is 4.99 Å². The third kappa shape index (κ3) is 13.1. The Hall–Kier alpha value is -2.85. The third-order valence-corrected chi connectivity index (χ3v) is 2.44. The molecule has 1 unspecified atom stereocenters. The summed E-state index contributed by atoms with van der Waals surface area (Å²) in [5, 5.41) is 22.2. The maximum Gasteiger partial charge on any atom is 0.414 e. The minimum Gasteiger partial charge on any atom is -0.481 e. The zero-order chi connectivity index (χ0) is 21.4. The molecule has 0 spiro atoms. The number of nitrogens with zero attached hydrogens (tertiary/aromatic N) is 1. The first-order chi connectivity index (χ1) is 12.1. The zero-order valence-electron chi connectivity index (χ0n) is 16.3. The van der Waals surface area contributed by atoms with Gasteiger partial charge in [0.2, 0.25) is 5.96 Å². The molecule has 154 valence electrons. The molecule has 11 heteroatoms. The van der Waals surface area contributed by atoms with Gasteiger partial charge in [0.1, 0.15) is 11.2 Å². The Morgan fingerprint density at radius 2 is 1.30 bits per heavy atom. The van der Waals surface area contributed by atoms with E-state index in [1.54, 1.807) is 41.5 Å². The first-order valence-corrected chi connectivity index (χ1v) is 8.11. The molecule has 4 N–H and O–H groups in total. The summed E-state index contributed by atoms with van der Waals surface area (Å²) in [7, 11) is 0. The molecule has 0 saturated heterocycles. The lowest BCUT2D eigenvalue weighted by Gasteiger charge is -2.22. The zero-order valence-corrected chi connectivity index (χ0v) is 16.3. The van der Waals surface area contributed by atoms with E-state index in [4.69, 9.17) is 14.6 Å². The monoisotopic (exact) mass is 389 g/mol. The van der Waals surface area contributed by atoms with E-state index in [0.717, 1.165) is 0 Å². The Balaban J connectivity index is 5.45. The second kappa shape index (κ2) is 9.74. The molecule has 0 aliphatic rings. The fourth-order valence-electron chi connectivity index (χ4n) is 1.56. The van der Waals surface area contributed by atoms with Crippen molar-refractivity contribution in [3.63, 3.8) is 0 Å². The molecule has 0 rings (SSSR count). The molecule has 0 bridgehead atoms. The standard InChI is InChI=1S/C16H27N3O8/c1-15(2,3)26-13(24)18-12(19-14(25)27-16(4,5)6)17-9(11(22)23)7-8-10(20)21/h9H,7-8H2,1-6H3,(H,20,21)(H,22,23)(H2,17,18,19,24,25). The number of carboxylic acid groups (broad SMARTS) is 2. The number of carbonyl (C=O) groups excluding carboxylic acids is 2. The third-order valence-electron chi connectivity index (χ3n) is 2.44. The van der Waals surface area contributed by atoms with Gasteiger partial charge < -0.3 is 19.7 Å². The molecule has 0 aliphatic heterocycles. The first-order valence-electron chi connectivity index (χ1n) is 8.11. The van der Waals surface area contributed by atoms with Crippen LogP contribution in [0.1, 0.15) is 54.4 Å². The summed E-state index contributed by atoms with van der Waals surface area (Å²) < 4.78 is 10.1. The van der Waals surface area contributed by atoms with Gasteiger partial charge in [0.15, 0.2) is 6.04 Å².